The molecule has 6 heteroatoms. The van der Waals surface area contributed by atoms with E-state index in [-0.39, 0.29) is 20.1 Å². The van der Waals surface area contributed by atoms with Gasteiger partial charge in [-0.15, -0.1) is 18.2 Å². The van der Waals surface area contributed by atoms with Crippen LogP contribution in [0.3, 0.4) is 0 Å². The Morgan fingerprint density at radius 2 is 1.42 bits per heavy atom. The maximum Gasteiger partial charge on any atom is 0.120 e. The van der Waals surface area contributed by atoms with Crippen LogP contribution in [0, 0.1) is 18.1 Å². The van der Waals surface area contributed by atoms with Gasteiger partial charge in [-0.2, -0.15) is 0 Å². The van der Waals surface area contributed by atoms with Gasteiger partial charge in [-0.3, -0.25) is 4.98 Å². The molecule has 10 rings (SSSR count). The molecule has 0 N–H and O–H groups in total. The number of fused-ring (bicyclic) bond motifs is 5. The van der Waals surface area contributed by atoms with Crippen molar-refractivity contribution in [3.8, 4) is 39.5 Å². The van der Waals surface area contributed by atoms with E-state index in [1.165, 1.54) is 10.9 Å². The van der Waals surface area contributed by atoms with Crippen molar-refractivity contribution >= 4 is 61.4 Å². The van der Waals surface area contributed by atoms with E-state index in [0.717, 1.165) is 84.2 Å². The van der Waals surface area contributed by atoms with Gasteiger partial charge in [0.2, 0.25) is 0 Å². The van der Waals surface area contributed by atoms with Gasteiger partial charge >= 0.3 is 126 Å². The monoisotopic (exact) mass is 1010 g/mol. The molecule has 3 aromatic heterocycles. The van der Waals surface area contributed by atoms with Crippen molar-refractivity contribution in [2.45, 2.75) is 37.5 Å². The Morgan fingerprint density at radius 3 is 2.20 bits per heavy atom. The van der Waals surface area contributed by atoms with Crippen LogP contribution in [0.2, 0.25) is 17.3 Å². The average molecular weight is 1000 g/mol. The van der Waals surface area contributed by atoms with E-state index >= 15 is 0 Å². The number of benzene rings is 7. The van der Waals surface area contributed by atoms with Crippen LogP contribution < -0.4 is 4.40 Å². The predicted octanol–water partition coefficient (Wildman–Crippen LogP) is 13.5. The molecule has 0 bridgehead atoms. The second kappa shape index (κ2) is 16.9. The Morgan fingerprint density at radius 1 is 0.695 bits per heavy atom. The topological polar surface area (TPSA) is 43.9 Å². The van der Waals surface area contributed by atoms with E-state index in [0.29, 0.717) is 5.92 Å². The molecule has 0 saturated carbocycles. The standard InChI is InChI=1S/C35H21N2O.C18H24GeN.Ir/c1-2-11-23(12-3-1)26-22-21-24-13-4-5-14-25(24)33(26)37-31-19-8-7-18-30(31)36-35(37)29-17-10-16-28-27-15-6-9-20-32(27)38-34(28)29;1-14(2)11-16-12-18(15-9-7-6-8-10-15)20-13-17(16)19(3,4)5;/h1-16,18-22H;6-9,12-14H,11H2,1-5H3;/q2*-1;. The van der Waals surface area contributed by atoms with Crippen LogP contribution in [0.4, 0.5) is 0 Å². The van der Waals surface area contributed by atoms with Crippen LogP contribution >= 0.6 is 0 Å². The van der Waals surface area contributed by atoms with Crippen molar-refractivity contribution < 1.29 is 24.5 Å². The third kappa shape index (κ3) is 7.95. The molecule has 0 fully saturated rings. The third-order valence-corrected chi connectivity index (χ3v) is 15.1. The first-order valence-electron chi connectivity index (χ1n) is 20.1. The first-order valence-corrected chi connectivity index (χ1v) is 27.4. The number of para-hydroxylation sites is 3. The Labute approximate surface area is 362 Å². The van der Waals surface area contributed by atoms with Gasteiger partial charge in [-0.25, -0.2) is 0 Å². The van der Waals surface area contributed by atoms with Gasteiger partial charge in [0.1, 0.15) is 5.58 Å². The summed E-state index contributed by atoms with van der Waals surface area (Å²) in [5.74, 6) is 8.80. The maximum absolute atomic E-state index is 6.44. The summed E-state index contributed by atoms with van der Waals surface area (Å²) in [4.78, 5) is 9.89. The van der Waals surface area contributed by atoms with Gasteiger partial charge in [0.25, 0.3) is 0 Å². The molecule has 1 radical (unpaired) electrons. The van der Waals surface area contributed by atoms with Crippen LogP contribution in [0.25, 0.3) is 83.2 Å². The van der Waals surface area contributed by atoms with Crippen molar-refractivity contribution in [3.63, 3.8) is 0 Å². The molecule has 293 valence electrons. The Bertz CT molecular complexity index is 3050. The van der Waals surface area contributed by atoms with E-state index in [1.807, 2.05) is 48.5 Å². The molecule has 0 spiro atoms. The van der Waals surface area contributed by atoms with E-state index < -0.39 is 13.3 Å². The van der Waals surface area contributed by atoms with Crippen molar-refractivity contribution in [3.05, 3.63) is 182 Å². The van der Waals surface area contributed by atoms with Crippen LogP contribution in [0.1, 0.15) is 19.4 Å². The number of hydrogen-bond donors (Lipinski definition) is 0. The fourth-order valence-electron chi connectivity index (χ4n) is 8.10. The van der Waals surface area contributed by atoms with Gasteiger partial charge in [0, 0.05) is 36.4 Å². The quantitative estimate of drug-likeness (QED) is 0.118. The number of nitrogens with zero attached hydrogens (tertiary/aromatic N) is 3. The van der Waals surface area contributed by atoms with Gasteiger partial charge in [-0.05, 0) is 29.1 Å². The molecule has 7 aromatic carbocycles. The summed E-state index contributed by atoms with van der Waals surface area (Å²) < 4.78 is 10.3. The average Bonchev–Trinajstić information content (AvgIpc) is 3.82. The molecule has 3 heterocycles. The van der Waals surface area contributed by atoms with Crippen molar-refractivity contribution in [2.75, 3.05) is 0 Å². The van der Waals surface area contributed by atoms with Crippen LogP contribution in [-0.4, -0.2) is 27.8 Å². The molecule has 59 heavy (non-hydrogen) atoms. The minimum atomic E-state index is -1.86. The Hall–Kier alpha value is -5.59. The summed E-state index contributed by atoms with van der Waals surface area (Å²) in [6, 6.07) is 61.2. The Kier molecular flexibility index (Phi) is 11.5. The number of rotatable bonds is 7. The molecule has 0 saturated heterocycles. The SMILES string of the molecule is CC(C)Cc1cc(-c2[c-]cccc2)nc[c]1[Ge]([CH3])([CH3])[CH3].[Ir].[c-]1ccc2c(oc3ccccc32)c1-c1nc2ccccc2n1-c1c(-c2ccccc2)ccc2ccccc12. The fourth-order valence-corrected chi connectivity index (χ4v) is 11.4. The molecule has 0 aliphatic heterocycles. The van der Waals surface area contributed by atoms with Gasteiger partial charge in [0.05, 0.1) is 28.1 Å². The summed E-state index contributed by atoms with van der Waals surface area (Å²) in [6.07, 6.45) is 3.27. The van der Waals surface area contributed by atoms with E-state index in [4.69, 9.17) is 14.4 Å². The van der Waals surface area contributed by atoms with E-state index in [9.17, 15) is 0 Å². The number of aromatic nitrogens is 3. The van der Waals surface area contributed by atoms with Crippen LogP contribution in [-0.2, 0) is 26.5 Å². The first-order chi connectivity index (χ1) is 28.2. The number of furan rings is 1. The van der Waals surface area contributed by atoms with Gasteiger partial charge in [-0.1, -0.05) is 108 Å². The number of imidazole rings is 1. The maximum atomic E-state index is 6.44. The van der Waals surface area contributed by atoms with Crippen LogP contribution in [0.5, 0.6) is 0 Å². The normalized spacial score (nSPS) is 11.6. The summed E-state index contributed by atoms with van der Waals surface area (Å²) in [7, 11) is 0. The smallest absolute Gasteiger partial charge is 0.120 e. The first kappa shape index (κ1) is 40.2. The van der Waals surface area contributed by atoms with Crippen molar-refractivity contribution in [1.82, 2.24) is 14.5 Å². The van der Waals surface area contributed by atoms with E-state index in [1.54, 1.807) is 4.40 Å². The molecule has 0 atom stereocenters. The molecule has 0 aliphatic carbocycles. The molecule has 10 aromatic rings. The minimum Gasteiger partial charge on any atom is -0.501 e. The minimum absolute atomic E-state index is 0. The van der Waals surface area contributed by atoms with E-state index in [2.05, 4.69) is 163 Å². The second-order valence-electron chi connectivity index (χ2n) is 16.4. The van der Waals surface area contributed by atoms with Crippen molar-refractivity contribution in [2.24, 2.45) is 5.92 Å². The summed E-state index contributed by atoms with van der Waals surface area (Å²) in [5, 5.41) is 4.50. The largest absolute Gasteiger partial charge is 0.501 e. The fraction of sp³-hybridized carbons (Fsp3) is 0.132. The zero-order valence-corrected chi connectivity index (χ0v) is 38.4. The summed E-state index contributed by atoms with van der Waals surface area (Å²) in [5.41, 5.74) is 11.5. The molecular formula is C53H45GeIrN3O-2. The molecule has 4 nitrogen and oxygen atoms in total. The van der Waals surface area contributed by atoms with Crippen molar-refractivity contribution in [1.29, 1.82) is 0 Å². The third-order valence-electron chi connectivity index (χ3n) is 10.7. The predicted molar refractivity (Wildman–Crippen MR) is 246 cm³/mol. The van der Waals surface area contributed by atoms with Gasteiger partial charge in [0.15, 0.2) is 0 Å². The van der Waals surface area contributed by atoms with Gasteiger partial charge < -0.3 is 8.98 Å². The molecule has 0 unspecified atom stereocenters. The number of hydrogen-bond acceptors (Lipinski definition) is 3. The zero-order valence-electron chi connectivity index (χ0n) is 34.0. The summed E-state index contributed by atoms with van der Waals surface area (Å²) >= 11 is -1.86. The zero-order chi connectivity index (χ0) is 39.8. The summed E-state index contributed by atoms with van der Waals surface area (Å²) in [6.45, 7) is 4.57. The Balaban J connectivity index is 0.000000197. The van der Waals surface area contributed by atoms with Crippen LogP contribution in [0.15, 0.2) is 168 Å². The molecule has 0 aliphatic rings. The number of pyridine rings is 1. The second-order valence-corrected chi connectivity index (χ2v) is 26.9. The molecular weight excluding hydrogens is 959 g/mol. The molecule has 0 amide bonds.